The van der Waals surface area contributed by atoms with E-state index in [2.05, 4.69) is 10.3 Å². The van der Waals surface area contributed by atoms with Gasteiger partial charge in [0.15, 0.2) is 5.16 Å². The van der Waals surface area contributed by atoms with Gasteiger partial charge in [0, 0.05) is 12.7 Å². The second-order valence-electron chi connectivity index (χ2n) is 6.92. The van der Waals surface area contributed by atoms with Gasteiger partial charge in [-0.2, -0.15) is 0 Å². The number of nitrogens with zero attached hydrogens (tertiary/aromatic N) is 2. The zero-order valence-corrected chi connectivity index (χ0v) is 16.8. The lowest BCUT2D eigenvalue weighted by Gasteiger charge is -2.16. The Bertz CT molecular complexity index is 1150. The second kappa shape index (κ2) is 8.93. The van der Waals surface area contributed by atoms with Gasteiger partial charge in [-0.15, -0.1) is 0 Å². The van der Waals surface area contributed by atoms with Crippen LogP contribution in [0.25, 0.3) is 10.9 Å². The smallest absolute Gasteiger partial charge is 0.262 e. The van der Waals surface area contributed by atoms with Crippen LogP contribution in [0.15, 0.2) is 52.4 Å². The van der Waals surface area contributed by atoms with E-state index in [1.54, 1.807) is 24.3 Å². The Morgan fingerprint density at radius 3 is 2.90 bits per heavy atom. The van der Waals surface area contributed by atoms with E-state index in [4.69, 9.17) is 4.74 Å². The van der Waals surface area contributed by atoms with Crippen LogP contribution in [0.1, 0.15) is 12.8 Å². The minimum Gasteiger partial charge on any atom is -0.376 e. The van der Waals surface area contributed by atoms with Gasteiger partial charge in [-0.1, -0.05) is 23.9 Å². The molecule has 3 aromatic rings. The molecule has 2 heterocycles. The summed E-state index contributed by atoms with van der Waals surface area (Å²) in [6.45, 7) is 1.00. The molecule has 0 saturated carbocycles. The molecule has 0 spiro atoms. The molecule has 1 amide bonds. The lowest BCUT2D eigenvalue weighted by Crippen LogP contribution is -2.29. The van der Waals surface area contributed by atoms with Crippen molar-refractivity contribution in [2.24, 2.45) is 0 Å². The first-order valence-corrected chi connectivity index (χ1v) is 10.5. The molecular formula is C21H19F2N3O3S. The van der Waals surface area contributed by atoms with E-state index in [-0.39, 0.29) is 23.1 Å². The van der Waals surface area contributed by atoms with Crippen LogP contribution in [0.5, 0.6) is 0 Å². The van der Waals surface area contributed by atoms with Crippen molar-refractivity contribution in [2.45, 2.75) is 30.6 Å². The van der Waals surface area contributed by atoms with Crippen LogP contribution in [0.3, 0.4) is 0 Å². The molecule has 9 heteroatoms. The van der Waals surface area contributed by atoms with Crippen molar-refractivity contribution in [1.29, 1.82) is 0 Å². The maximum Gasteiger partial charge on any atom is 0.262 e. The highest BCUT2D eigenvalue weighted by Crippen LogP contribution is 2.22. The minimum absolute atomic E-state index is 0.0831. The molecule has 1 saturated heterocycles. The largest absolute Gasteiger partial charge is 0.376 e. The average Bonchev–Trinajstić information content (AvgIpc) is 3.25. The van der Waals surface area contributed by atoms with Crippen LogP contribution in [-0.4, -0.2) is 33.9 Å². The molecule has 156 valence electrons. The zero-order valence-electron chi connectivity index (χ0n) is 15.9. The normalized spacial score (nSPS) is 16.1. The van der Waals surface area contributed by atoms with Crippen molar-refractivity contribution in [3.8, 4) is 0 Å². The van der Waals surface area contributed by atoms with Gasteiger partial charge >= 0.3 is 0 Å². The minimum atomic E-state index is -0.728. The third kappa shape index (κ3) is 4.52. The van der Waals surface area contributed by atoms with Gasteiger partial charge in [0.05, 0.1) is 35.0 Å². The number of benzene rings is 2. The van der Waals surface area contributed by atoms with Crippen LogP contribution in [0.4, 0.5) is 14.5 Å². The Kier molecular flexibility index (Phi) is 6.10. The third-order valence-electron chi connectivity index (χ3n) is 4.77. The van der Waals surface area contributed by atoms with Gasteiger partial charge in [-0.3, -0.25) is 14.2 Å². The summed E-state index contributed by atoms with van der Waals surface area (Å²) in [6.07, 6.45) is 1.70. The third-order valence-corrected chi connectivity index (χ3v) is 5.75. The first-order valence-electron chi connectivity index (χ1n) is 9.50. The van der Waals surface area contributed by atoms with E-state index in [0.717, 1.165) is 42.8 Å². The summed E-state index contributed by atoms with van der Waals surface area (Å²) < 4.78 is 34.2. The number of aromatic nitrogens is 2. The van der Waals surface area contributed by atoms with Gasteiger partial charge < -0.3 is 10.1 Å². The van der Waals surface area contributed by atoms with Crippen molar-refractivity contribution < 1.29 is 18.3 Å². The predicted molar refractivity (Wildman–Crippen MR) is 111 cm³/mol. The van der Waals surface area contributed by atoms with Crippen LogP contribution < -0.4 is 10.9 Å². The lowest BCUT2D eigenvalue weighted by atomic mass is 10.2. The predicted octanol–water partition coefficient (Wildman–Crippen LogP) is 3.58. The highest BCUT2D eigenvalue weighted by molar-refractivity contribution is 7.99. The van der Waals surface area contributed by atoms with E-state index in [9.17, 15) is 18.4 Å². The number of carbonyl (C=O) groups excluding carboxylic acids is 1. The highest BCUT2D eigenvalue weighted by Gasteiger charge is 2.21. The Morgan fingerprint density at radius 1 is 1.27 bits per heavy atom. The molecule has 1 aliphatic heterocycles. The number of hydrogen-bond donors (Lipinski definition) is 1. The molecule has 30 heavy (non-hydrogen) atoms. The summed E-state index contributed by atoms with van der Waals surface area (Å²) in [5, 5.41) is 3.22. The molecule has 4 rings (SSSR count). The number of halogens is 2. The van der Waals surface area contributed by atoms with Gasteiger partial charge in [-0.25, -0.2) is 13.8 Å². The lowest BCUT2D eigenvalue weighted by molar-refractivity contribution is -0.113. The number of carbonyl (C=O) groups is 1. The van der Waals surface area contributed by atoms with Gasteiger partial charge in [-0.05, 0) is 37.1 Å². The van der Waals surface area contributed by atoms with Crippen LogP contribution in [0, 0.1) is 11.6 Å². The fourth-order valence-corrected chi connectivity index (χ4v) is 4.13. The number of nitrogens with one attached hydrogen (secondary N) is 1. The van der Waals surface area contributed by atoms with Crippen LogP contribution in [-0.2, 0) is 16.1 Å². The molecule has 2 aromatic carbocycles. The number of fused-ring (bicyclic) bond motifs is 1. The van der Waals surface area contributed by atoms with Crippen molar-refractivity contribution >= 4 is 34.3 Å². The molecule has 0 bridgehead atoms. The number of anilines is 1. The van der Waals surface area contributed by atoms with E-state index < -0.39 is 17.5 Å². The van der Waals surface area contributed by atoms with E-state index in [1.165, 1.54) is 4.57 Å². The Labute approximate surface area is 175 Å². The fraction of sp³-hybridized carbons (Fsp3) is 0.286. The summed E-state index contributed by atoms with van der Waals surface area (Å²) in [7, 11) is 0. The average molecular weight is 431 g/mol. The molecule has 0 radical (unpaired) electrons. The van der Waals surface area contributed by atoms with Crippen molar-refractivity contribution in [2.75, 3.05) is 17.7 Å². The van der Waals surface area contributed by atoms with Gasteiger partial charge in [0.1, 0.15) is 11.6 Å². The van der Waals surface area contributed by atoms with Gasteiger partial charge in [0.25, 0.3) is 5.56 Å². The Balaban J connectivity index is 1.56. The first-order chi connectivity index (χ1) is 14.5. The van der Waals surface area contributed by atoms with Gasteiger partial charge in [0.2, 0.25) is 5.91 Å². The monoisotopic (exact) mass is 431 g/mol. The number of para-hydroxylation sites is 1. The summed E-state index contributed by atoms with van der Waals surface area (Å²) >= 11 is 1.06. The number of thioether (sulfide) groups is 1. The van der Waals surface area contributed by atoms with Crippen molar-refractivity contribution in [3.05, 3.63) is 64.5 Å². The number of ether oxygens (including phenoxy) is 1. The van der Waals surface area contributed by atoms with Crippen LogP contribution >= 0.6 is 11.8 Å². The maximum atomic E-state index is 13.8. The number of rotatable bonds is 6. The second-order valence-corrected chi connectivity index (χ2v) is 7.87. The SMILES string of the molecule is O=C(CSc1nc2ccccc2c(=O)n1CC1CCCO1)Nc1cc(F)ccc1F. The van der Waals surface area contributed by atoms with E-state index in [0.29, 0.717) is 29.2 Å². The molecule has 1 aromatic heterocycles. The quantitative estimate of drug-likeness (QED) is 0.477. The summed E-state index contributed by atoms with van der Waals surface area (Å²) in [5.74, 6) is -2.03. The summed E-state index contributed by atoms with van der Waals surface area (Å²) in [5.41, 5.74) is 0.101. The number of hydrogen-bond acceptors (Lipinski definition) is 5. The van der Waals surface area contributed by atoms with Crippen molar-refractivity contribution in [3.63, 3.8) is 0 Å². The Morgan fingerprint density at radius 2 is 2.10 bits per heavy atom. The summed E-state index contributed by atoms with van der Waals surface area (Å²) in [6, 6.07) is 9.84. The summed E-state index contributed by atoms with van der Waals surface area (Å²) in [4.78, 5) is 29.9. The zero-order chi connectivity index (χ0) is 21.1. The standard InChI is InChI=1S/C21H19F2N3O3S/c22-13-7-8-16(23)18(10-13)24-19(27)12-30-21-25-17-6-2-1-5-15(17)20(28)26(21)11-14-4-3-9-29-14/h1-2,5-8,10,14H,3-4,9,11-12H2,(H,24,27). The van der Waals surface area contributed by atoms with E-state index in [1.807, 2.05) is 0 Å². The molecule has 1 unspecified atom stereocenters. The molecule has 1 aliphatic rings. The van der Waals surface area contributed by atoms with E-state index >= 15 is 0 Å². The molecule has 1 N–H and O–H groups in total. The molecule has 6 nitrogen and oxygen atoms in total. The Hall–Kier alpha value is -2.78. The molecular weight excluding hydrogens is 412 g/mol. The molecule has 1 fully saturated rings. The van der Waals surface area contributed by atoms with Crippen LogP contribution in [0.2, 0.25) is 0 Å². The topological polar surface area (TPSA) is 73.2 Å². The fourth-order valence-electron chi connectivity index (χ4n) is 3.32. The maximum absolute atomic E-state index is 13.8. The molecule has 0 aliphatic carbocycles. The number of amides is 1. The van der Waals surface area contributed by atoms with Crippen molar-refractivity contribution in [1.82, 2.24) is 9.55 Å². The highest BCUT2D eigenvalue weighted by atomic mass is 32.2. The first kappa shape index (κ1) is 20.5. The molecule has 1 atom stereocenters.